The molecule has 0 heterocycles. The van der Waals surface area contributed by atoms with Crippen LogP contribution in [0.15, 0.2) is 60.7 Å². The van der Waals surface area contributed by atoms with Gasteiger partial charge in [0.05, 0.1) is 17.2 Å². The summed E-state index contributed by atoms with van der Waals surface area (Å²) < 4.78 is 10.9. The molecule has 0 saturated heterocycles. The van der Waals surface area contributed by atoms with E-state index in [0.717, 1.165) is 10.8 Å². The fourth-order valence-corrected chi connectivity index (χ4v) is 3.17. The standard InChI is InChI=1S/C23H22ClNO4/c1-3-21(29-18-11-9-15-7-5-6-8-16(15)13-18)22(26)25-17-10-12-19(20(24)14-17)23(27)28-4-2/h5-14,21H,3-4H2,1-2H3,(H,25,26)/t21-/m0/s1. The second-order valence-electron chi connectivity index (χ2n) is 6.43. The highest BCUT2D eigenvalue weighted by molar-refractivity contribution is 6.34. The van der Waals surface area contributed by atoms with Crippen LogP contribution in [0.1, 0.15) is 30.6 Å². The molecule has 3 aromatic carbocycles. The number of carbonyl (C=O) groups is 2. The molecule has 0 radical (unpaired) electrons. The molecule has 0 spiro atoms. The molecule has 0 aliphatic carbocycles. The molecule has 0 aliphatic rings. The Morgan fingerprint density at radius 1 is 1.00 bits per heavy atom. The third-order valence-electron chi connectivity index (χ3n) is 4.39. The Bertz CT molecular complexity index is 1030. The minimum absolute atomic E-state index is 0.213. The van der Waals surface area contributed by atoms with E-state index in [1.54, 1.807) is 13.0 Å². The fourth-order valence-electron chi connectivity index (χ4n) is 2.92. The molecule has 6 heteroatoms. The molecule has 3 aromatic rings. The minimum atomic E-state index is -0.667. The topological polar surface area (TPSA) is 64.6 Å². The van der Waals surface area contributed by atoms with Crippen LogP contribution in [-0.4, -0.2) is 24.6 Å². The van der Waals surface area contributed by atoms with Gasteiger partial charge in [-0.05, 0) is 54.4 Å². The third kappa shape index (κ3) is 5.06. The van der Waals surface area contributed by atoms with Crippen LogP contribution in [0.5, 0.6) is 5.75 Å². The fraction of sp³-hybridized carbons (Fsp3) is 0.217. The number of fused-ring (bicyclic) bond motifs is 1. The maximum Gasteiger partial charge on any atom is 0.339 e. The number of benzene rings is 3. The number of hydrogen-bond acceptors (Lipinski definition) is 4. The van der Waals surface area contributed by atoms with Gasteiger partial charge in [0.25, 0.3) is 5.91 Å². The van der Waals surface area contributed by atoms with Gasteiger partial charge in [-0.1, -0.05) is 48.9 Å². The van der Waals surface area contributed by atoms with Crippen LogP contribution in [0.3, 0.4) is 0 Å². The highest BCUT2D eigenvalue weighted by Crippen LogP contribution is 2.24. The molecule has 5 nitrogen and oxygen atoms in total. The van der Waals surface area contributed by atoms with E-state index in [0.29, 0.717) is 17.9 Å². The van der Waals surface area contributed by atoms with Gasteiger partial charge in [-0.25, -0.2) is 4.79 Å². The van der Waals surface area contributed by atoms with Gasteiger partial charge in [0.2, 0.25) is 0 Å². The Balaban J connectivity index is 1.70. The normalized spacial score (nSPS) is 11.7. The quantitative estimate of drug-likeness (QED) is 0.524. The van der Waals surface area contributed by atoms with Crippen molar-refractivity contribution in [1.82, 2.24) is 0 Å². The second-order valence-corrected chi connectivity index (χ2v) is 6.84. The molecule has 0 bridgehead atoms. The average Bonchev–Trinajstić information content (AvgIpc) is 2.72. The van der Waals surface area contributed by atoms with Crippen LogP contribution < -0.4 is 10.1 Å². The lowest BCUT2D eigenvalue weighted by atomic mass is 10.1. The monoisotopic (exact) mass is 411 g/mol. The van der Waals surface area contributed by atoms with E-state index in [1.165, 1.54) is 12.1 Å². The summed E-state index contributed by atoms with van der Waals surface area (Å²) in [5.74, 6) is -0.163. The first-order valence-electron chi connectivity index (χ1n) is 9.44. The number of ether oxygens (including phenoxy) is 2. The first-order valence-corrected chi connectivity index (χ1v) is 9.82. The first-order chi connectivity index (χ1) is 14.0. The second kappa shape index (κ2) is 9.43. The molecule has 1 amide bonds. The summed E-state index contributed by atoms with van der Waals surface area (Å²) in [5.41, 5.74) is 0.736. The van der Waals surface area contributed by atoms with Crippen molar-refractivity contribution < 1.29 is 19.1 Å². The minimum Gasteiger partial charge on any atom is -0.481 e. The van der Waals surface area contributed by atoms with Crippen molar-refractivity contribution in [3.63, 3.8) is 0 Å². The van der Waals surface area contributed by atoms with Crippen molar-refractivity contribution in [3.8, 4) is 5.75 Å². The van der Waals surface area contributed by atoms with Gasteiger partial charge in [0, 0.05) is 5.69 Å². The Kier molecular flexibility index (Phi) is 6.73. The lowest BCUT2D eigenvalue weighted by Gasteiger charge is -2.18. The number of carbonyl (C=O) groups excluding carboxylic acids is 2. The van der Waals surface area contributed by atoms with Crippen LogP contribution in [0.2, 0.25) is 5.02 Å². The van der Waals surface area contributed by atoms with Crippen LogP contribution >= 0.6 is 11.6 Å². The molecule has 1 atom stereocenters. The number of esters is 1. The molecule has 3 rings (SSSR count). The molecule has 0 aliphatic heterocycles. The first kappa shape index (κ1) is 20.7. The number of anilines is 1. The zero-order chi connectivity index (χ0) is 20.8. The van der Waals surface area contributed by atoms with E-state index in [-0.39, 0.29) is 23.1 Å². The van der Waals surface area contributed by atoms with Gasteiger partial charge in [-0.3, -0.25) is 4.79 Å². The van der Waals surface area contributed by atoms with E-state index in [4.69, 9.17) is 21.1 Å². The Morgan fingerprint density at radius 3 is 2.45 bits per heavy atom. The lowest BCUT2D eigenvalue weighted by molar-refractivity contribution is -0.122. The Morgan fingerprint density at radius 2 is 1.76 bits per heavy atom. The largest absolute Gasteiger partial charge is 0.481 e. The molecule has 0 aromatic heterocycles. The summed E-state index contributed by atoms with van der Waals surface area (Å²) in [6.45, 7) is 3.86. The number of rotatable bonds is 7. The van der Waals surface area contributed by atoms with Crippen LogP contribution in [0.4, 0.5) is 5.69 Å². The predicted octanol–water partition coefficient (Wildman–Crippen LogP) is 5.47. The number of hydrogen-bond donors (Lipinski definition) is 1. The van der Waals surface area contributed by atoms with Gasteiger partial charge in [0.15, 0.2) is 6.10 Å². The van der Waals surface area contributed by atoms with Gasteiger partial charge in [0.1, 0.15) is 5.75 Å². The van der Waals surface area contributed by atoms with E-state index < -0.39 is 12.1 Å². The van der Waals surface area contributed by atoms with E-state index in [2.05, 4.69) is 5.32 Å². The van der Waals surface area contributed by atoms with Crippen molar-refractivity contribution >= 4 is 39.9 Å². The van der Waals surface area contributed by atoms with Crippen molar-refractivity contribution in [1.29, 1.82) is 0 Å². The zero-order valence-electron chi connectivity index (χ0n) is 16.3. The molecular weight excluding hydrogens is 390 g/mol. The maximum atomic E-state index is 12.7. The van der Waals surface area contributed by atoms with Gasteiger partial charge >= 0.3 is 5.97 Å². The molecule has 1 N–H and O–H groups in total. The van der Waals surface area contributed by atoms with Gasteiger partial charge in [-0.15, -0.1) is 0 Å². The van der Waals surface area contributed by atoms with Crippen LogP contribution in [0, 0.1) is 0 Å². The van der Waals surface area contributed by atoms with E-state index >= 15 is 0 Å². The number of halogens is 1. The summed E-state index contributed by atoms with van der Waals surface area (Å²) in [4.78, 5) is 24.5. The predicted molar refractivity (Wildman–Crippen MR) is 115 cm³/mol. The lowest BCUT2D eigenvalue weighted by Crippen LogP contribution is -2.32. The Hall–Kier alpha value is -3.05. The van der Waals surface area contributed by atoms with Crippen molar-refractivity contribution in [2.24, 2.45) is 0 Å². The third-order valence-corrected chi connectivity index (χ3v) is 4.71. The molecule has 0 saturated carbocycles. The number of nitrogens with one attached hydrogen (secondary N) is 1. The molecule has 0 unspecified atom stereocenters. The van der Waals surface area contributed by atoms with Crippen molar-refractivity contribution in [3.05, 3.63) is 71.2 Å². The van der Waals surface area contributed by atoms with E-state index in [9.17, 15) is 9.59 Å². The molecule has 150 valence electrons. The SMILES string of the molecule is CCOC(=O)c1ccc(NC(=O)[C@H](CC)Oc2ccc3ccccc3c2)cc1Cl. The Labute approximate surface area is 174 Å². The highest BCUT2D eigenvalue weighted by Gasteiger charge is 2.20. The zero-order valence-corrected chi connectivity index (χ0v) is 17.0. The molecule has 29 heavy (non-hydrogen) atoms. The average molecular weight is 412 g/mol. The highest BCUT2D eigenvalue weighted by atomic mass is 35.5. The van der Waals surface area contributed by atoms with Crippen molar-refractivity contribution in [2.75, 3.05) is 11.9 Å². The summed E-state index contributed by atoms with van der Waals surface area (Å²) in [6.07, 6.45) is -0.174. The maximum absolute atomic E-state index is 12.7. The van der Waals surface area contributed by atoms with Crippen LogP contribution in [-0.2, 0) is 9.53 Å². The summed E-state index contributed by atoms with van der Waals surface area (Å²) in [6, 6.07) is 18.3. The van der Waals surface area contributed by atoms with Crippen molar-refractivity contribution in [2.45, 2.75) is 26.4 Å². The summed E-state index contributed by atoms with van der Waals surface area (Å²) in [7, 11) is 0. The number of amides is 1. The van der Waals surface area contributed by atoms with E-state index in [1.807, 2.05) is 49.4 Å². The summed E-state index contributed by atoms with van der Waals surface area (Å²) >= 11 is 6.16. The molecule has 0 fully saturated rings. The molecular formula is C23H22ClNO4. The van der Waals surface area contributed by atoms with Gasteiger partial charge < -0.3 is 14.8 Å². The summed E-state index contributed by atoms with van der Waals surface area (Å²) in [5, 5.41) is 5.15. The smallest absolute Gasteiger partial charge is 0.339 e. The van der Waals surface area contributed by atoms with Gasteiger partial charge in [-0.2, -0.15) is 0 Å². The van der Waals surface area contributed by atoms with Crippen LogP contribution in [0.25, 0.3) is 10.8 Å².